The zero-order valence-electron chi connectivity index (χ0n) is 11.6. The fraction of sp³-hybridized carbons (Fsp3) is 0.0714. The van der Waals surface area contributed by atoms with Gasteiger partial charge in [0.1, 0.15) is 5.82 Å². The van der Waals surface area contributed by atoms with Crippen LogP contribution in [0.4, 0.5) is 28.9 Å². The van der Waals surface area contributed by atoms with Gasteiger partial charge in [0.05, 0.1) is 16.2 Å². The van der Waals surface area contributed by atoms with E-state index in [4.69, 9.17) is 0 Å². The molecule has 126 valence electrons. The number of hydrogen-bond acceptors (Lipinski definition) is 4. The Balaban J connectivity index is 2.31. The van der Waals surface area contributed by atoms with E-state index >= 15 is 0 Å². The van der Waals surface area contributed by atoms with E-state index in [0.29, 0.717) is 0 Å². The van der Waals surface area contributed by atoms with Crippen LogP contribution in [0.2, 0.25) is 0 Å². The van der Waals surface area contributed by atoms with Crippen LogP contribution in [-0.4, -0.2) is 16.3 Å². The van der Waals surface area contributed by atoms with Crippen molar-refractivity contribution in [2.24, 2.45) is 0 Å². The molecule has 0 saturated carbocycles. The molecule has 1 N–H and O–H groups in total. The summed E-state index contributed by atoms with van der Waals surface area (Å²) in [6.07, 6.45) is 0. The van der Waals surface area contributed by atoms with Crippen molar-refractivity contribution in [3.05, 3.63) is 64.0 Å². The standard InChI is InChI=1S/C14H8F4N2O3S/c15-10-6-5-8(20(22)23)7-11(10)19-13(21)9-3-1-2-4-12(9)24-14(16,17)18/h1-7H,(H,19,21). The molecule has 0 aromatic heterocycles. The molecule has 0 aliphatic heterocycles. The Morgan fingerprint density at radius 3 is 2.46 bits per heavy atom. The first kappa shape index (κ1) is 17.7. The maximum Gasteiger partial charge on any atom is 0.446 e. The van der Waals surface area contributed by atoms with Gasteiger partial charge >= 0.3 is 5.51 Å². The van der Waals surface area contributed by atoms with E-state index in [2.05, 4.69) is 0 Å². The number of nitrogens with zero attached hydrogens (tertiary/aromatic N) is 1. The van der Waals surface area contributed by atoms with Gasteiger partial charge in [-0.05, 0) is 30.0 Å². The number of alkyl halides is 3. The van der Waals surface area contributed by atoms with Crippen LogP contribution in [-0.2, 0) is 0 Å². The van der Waals surface area contributed by atoms with Crippen molar-refractivity contribution < 1.29 is 27.3 Å². The summed E-state index contributed by atoms with van der Waals surface area (Å²) in [6.45, 7) is 0. The molecule has 0 bridgehead atoms. The number of carbonyl (C=O) groups excluding carboxylic acids is 1. The van der Waals surface area contributed by atoms with Crippen LogP contribution < -0.4 is 5.32 Å². The summed E-state index contributed by atoms with van der Waals surface area (Å²) < 4.78 is 51.2. The number of non-ortho nitro benzene ring substituents is 1. The van der Waals surface area contributed by atoms with Crippen molar-refractivity contribution in [2.45, 2.75) is 10.4 Å². The lowest BCUT2D eigenvalue weighted by atomic mass is 10.2. The molecule has 2 aromatic rings. The molecule has 0 aliphatic rings. The van der Waals surface area contributed by atoms with Crippen LogP contribution in [0, 0.1) is 15.9 Å². The summed E-state index contributed by atoms with van der Waals surface area (Å²) in [5, 5.41) is 12.7. The number of nitrogens with one attached hydrogen (secondary N) is 1. The Kier molecular flexibility index (Phi) is 5.07. The number of thioether (sulfide) groups is 1. The Morgan fingerprint density at radius 1 is 1.17 bits per heavy atom. The lowest BCUT2D eigenvalue weighted by Crippen LogP contribution is -2.15. The number of hydrogen-bond donors (Lipinski definition) is 1. The molecule has 0 fully saturated rings. The largest absolute Gasteiger partial charge is 0.446 e. The average Bonchev–Trinajstić information content (AvgIpc) is 2.48. The number of rotatable bonds is 4. The predicted octanol–water partition coefficient (Wildman–Crippen LogP) is 4.60. The number of nitro benzene ring substituents is 1. The lowest BCUT2D eigenvalue weighted by molar-refractivity contribution is -0.384. The molecule has 0 heterocycles. The van der Waals surface area contributed by atoms with Crippen LogP contribution in [0.3, 0.4) is 0 Å². The van der Waals surface area contributed by atoms with Gasteiger partial charge in [-0.3, -0.25) is 14.9 Å². The van der Waals surface area contributed by atoms with Crippen molar-refractivity contribution in [2.75, 3.05) is 5.32 Å². The minimum atomic E-state index is -4.60. The maximum atomic E-state index is 13.7. The topological polar surface area (TPSA) is 72.2 Å². The monoisotopic (exact) mass is 360 g/mol. The first-order chi connectivity index (χ1) is 11.2. The first-order valence-electron chi connectivity index (χ1n) is 6.27. The summed E-state index contributed by atoms with van der Waals surface area (Å²) in [6, 6.07) is 7.36. The molecule has 2 rings (SSSR count). The van der Waals surface area contributed by atoms with E-state index in [1.807, 2.05) is 5.32 Å². The van der Waals surface area contributed by atoms with Gasteiger partial charge in [-0.1, -0.05) is 12.1 Å². The molecule has 2 aromatic carbocycles. The minimum absolute atomic E-state index is 0.328. The minimum Gasteiger partial charge on any atom is -0.319 e. The molecule has 0 atom stereocenters. The van der Waals surface area contributed by atoms with Crippen molar-refractivity contribution in [3.8, 4) is 0 Å². The quantitative estimate of drug-likeness (QED) is 0.374. The third kappa shape index (κ3) is 4.44. The Hall–Kier alpha value is -2.62. The Bertz CT molecular complexity index is 796. The number of carbonyl (C=O) groups is 1. The maximum absolute atomic E-state index is 13.7. The zero-order chi connectivity index (χ0) is 17.9. The summed E-state index contributed by atoms with van der Waals surface area (Å²) in [4.78, 5) is 21.6. The van der Waals surface area contributed by atoms with Crippen molar-refractivity contribution >= 4 is 29.0 Å². The molecule has 5 nitrogen and oxygen atoms in total. The highest BCUT2D eigenvalue weighted by Crippen LogP contribution is 2.38. The highest BCUT2D eigenvalue weighted by molar-refractivity contribution is 8.00. The fourth-order valence-electron chi connectivity index (χ4n) is 1.78. The van der Waals surface area contributed by atoms with E-state index < -0.39 is 45.3 Å². The fourth-order valence-corrected chi connectivity index (χ4v) is 2.45. The molecule has 0 aliphatic carbocycles. The Labute approximate surface area is 136 Å². The van der Waals surface area contributed by atoms with Crippen molar-refractivity contribution in [3.63, 3.8) is 0 Å². The second-order valence-corrected chi connectivity index (χ2v) is 5.53. The van der Waals surface area contributed by atoms with Gasteiger partial charge < -0.3 is 5.32 Å². The number of benzene rings is 2. The van der Waals surface area contributed by atoms with E-state index in [1.54, 1.807) is 0 Å². The van der Waals surface area contributed by atoms with Crippen LogP contribution in [0.25, 0.3) is 0 Å². The van der Waals surface area contributed by atoms with Gasteiger partial charge in [0.2, 0.25) is 0 Å². The Morgan fingerprint density at radius 2 is 1.83 bits per heavy atom. The molecule has 0 saturated heterocycles. The lowest BCUT2D eigenvalue weighted by Gasteiger charge is -2.11. The molecule has 24 heavy (non-hydrogen) atoms. The van der Waals surface area contributed by atoms with Gasteiger partial charge in [-0.15, -0.1) is 0 Å². The van der Waals surface area contributed by atoms with E-state index in [1.165, 1.54) is 12.1 Å². The zero-order valence-corrected chi connectivity index (χ0v) is 12.5. The second kappa shape index (κ2) is 6.87. The predicted molar refractivity (Wildman–Crippen MR) is 79.4 cm³/mol. The van der Waals surface area contributed by atoms with Gasteiger partial charge in [0, 0.05) is 17.0 Å². The summed E-state index contributed by atoms with van der Waals surface area (Å²) in [5.41, 5.74) is -5.90. The average molecular weight is 360 g/mol. The summed E-state index contributed by atoms with van der Waals surface area (Å²) in [7, 11) is 0. The van der Waals surface area contributed by atoms with Gasteiger partial charge in [0.15, 0.2) is 0 Å². The van der Waals surface area contributed by atoms with E-state index in [9.17, 15) is 32.5 Å². The summed E-state index contributed by atoms with van der Waals surface area (Å²) in [5.74, 6) is -1.96. The number of amides is 1. The highest BCUT2D eigenvalue weighted by atomic mass is 32.2. The normalized spacial score (nSPS) is 11.2. The summed E-state index contributed by atoms with van der Waals surface area (Å²) >= 11 is -0.484. The SMILES string of the molecule is O=C(Nc1cc([N+](=O)[O-])ccc1F)c1ccccc1SC(F)(F)F. The first-order valence-corrected chi connectivity index (χ1v) is 7.09. The van der Waals surface area contributed by atoms with Gasteiger partial charge in [-0.2, -0.15) is 13.2 Å². The molecule has 0 spiro atoms. The van der Waals surface area contributed by atoms with Gasteiger partial charge in [0.25, 0.3) is 11.6 Å². The van der Waals surface area contributed by atoms with Crippen molar-refractivity contribution in [1.29, 1.82) is 0 Å². The smallest absolute Gasteiger partial charge is 0.319 e. The van der Waals surface area contributed by atoms with Gasteiger partial charge in [-0.25, -0.2) is 4.39 Å². The third-order valence-electron chi connectivity index (χ3n) is 2.77. The molecule has 0 radical (unpaired) electrons. The van der Waals surface area contributed by atoms with E-state index in [0.717, 1.165) is 30.3 Å². The number of anilines is 1. The highest BCUT2D eigenvalue weighted by Gasteiger charge is 2.31. The second-order valence-electron chi connectivity index (χ2n) is 4.42. The molecule has 0 unspecified atom stereocenters. The van der Waals surface area contributed by atoms with Crippen LogP contribution in [0.5, 0.6) is 0 Å². The third-order valence-corrected chi connectivity index (χ3v) is 3.57. The molecule has 1 amide bonds. The molecular formula is C14H8F4N2O3S. The number of nitro groups is 1. The number of halogens is 4. The van der Waals surface area contributed by atoms with Crippen LogP contribution >= 0.6 is 11.8 Å². The van der Waals surface area contributed by atoms with E-state index in [-0.39, 0.29) is 10.5 Å². The van der Waals surface area contributed by atoms with Crippen LogP contribution in [0.15, 0.2) is 47.4 Å². The molecular weight excluding hydrogens is 352 g/mol. The van der Waals surface area contributed by atoms with Crippen LogP contribution in [0.1, 0.15) is 10.4 Å². The molecule has 10 heteroatoms. The van der Waals surface area contributed by atoms with Crippen molar-refractivity contribution in [1.82, 2.24) is 0 Å².